The van der Waals surface area contributed by atoms with E-state index in [0.717, 1.165) is 11.3 Å². The first kappa shape index (κ1) is 16.2. The summed E-state index contributed by atoms with van der Waals surface area (Å²) in [7, 11) is 0. The molecule has 0 spiro atoms. The van der Waals surface area contributed by atoms with Crippen molar-refractivity contribution < 1.29 is 9.53 Å². The van der Waals surface area contributed by atoms with Crippen LogP contribution < -0.4 is 0 Å². The van der Waals surface area contributed by atoms with Crippen LogP contribution >= 0.6 is 23.4 Å². The standard InChI is InChI=1S/C18H14ClN3O2S/c19-13-8-6-12(7-9-13)16-20-21-18(25-15-10-11-24-17(15)23)22(16)14-4-2-1-3-5-14/h1-9,15H,10-11H2. The largest absolute Gasteiger partial charge is 0.465 e. The van der Waals surface area contributed by atoms with Gasteiger partial charge in [-0.3, -0.25) is 9.36 Å². The van der Waals surface area contributed by atoms with E-state index in [1.807, 2.05) is 59.2 Å². The number of benzene rings is 2. The third-order valence-electron chi connectivity index (χ3n) is 3.89. The molecular formula is C18H14ClN3O2S. The molecule has 25 heavy (non-hydrogen) atoms. The van der Waals surface area contributed by atoms with Gasteiger partial charge in [0.2, 0.25) is 0 Å². The molecule has 0 radical (unpaired) electrons. The summed E-state index contributed by atoms with van der Waals surface area (Å²) in [5.74, 6) is 0.511. The van der Waals surface area contributed by atoms with Gasteiger partial charge in [0.15, 0.2) is 11.0 Å². The van der Waals surface area contributed by atoms with Gasteiger partial charge in [0, 0.05) is 22.7 Å². The molecule has 1 atom stereocenters. The number of halogens is 1. The van der Waals surface area contributed by atoms with Gasteiger partial charge in [-0.2, -0.15) is 0 Å². The molecular weight excluding hydrogens is 358 g/mol. The number of rotatable bonds is 4. The van der Waals surface area contributed by atoms with E-state index in [0.29, 0.717) is 29.0 Å². The zero-order valence-corrected chi connectivity index (χ0v) is 14.7. The number of ether oxygens (including phenoxy) is 1. The van der Waals surface area contributed by atoms with Crippen LogP contribution in [0.4, 0.5) is 0 Å². The summed E-state index contributed by atoms with van der Waals surface area (Å²) in [6.45, 7) is 0.458. The number of esters is 1. The second-order valence-electron chi connectivity index (χ2n) is 5.55. The highest BCUT2D eigenvalue weighted by molar-refractivity contribution is 8.00. The summed E-state index contributed by atoms with van der Waals surface area (Å²) in [6, 6.07) is 17.3. The van der Waals surface area contributed by atoms with E-state index in [-0.39, 0.29) is 11.2 Å². The quantitative estimate of drug-likeness (QED) is 0.649. The predicted octanol–water partition coefficient (Wildman–Crippen LogP) is 4.00. The fourth-order valence-corrected chi connectivity index (χ4v) is 3.80. The minimum absolute atomic E-state index is 0.194. The summed E-state index contributed by atoms with van der Waals surface area (Å²) < 4.78 is 7.01. The molecule has 0 aliphatic carbocycles. The molecule has 5 nitrogen and oxygen atoms in total. The van der Waals surface area contributed by atoms with Crippen LogP contribution in [0.25, 0.3) is 17.1 Å². The zero-order chi connectivity index (χ0) is 17.2. The van der Waals surface area contributed by atoms with E-state index in [1.165, 1.54) is 11.8 Å². The molecule has 2 aromatic carbocycles. The third-order valence-corrected chi connectivity index (χ3v) is 5.32. The number of aromatic nitrogens is 3. The van der Waals surface area contributed by atoms with Crippen LogP contribution in [-0.4, -0.2) is 32.6 Å². The molecule has 1 aromatic heterocycles. The van der Waals surface area contributed by atoms with Crippen molar-refractivity contribution in [3.05, 3.63) is 59.6 Å². The number of cyclic esters (lactones) is 1. The van der Waals surface area contributed by atoms with Crippen LogP contribution in [0.3, 0.4) is 0 Å². The monoisotopic (exact) mass is 371 g/mol. The average Bonchev–Trinajstić information content (AvgIpc) is 3.23. The smallest absolute Gasteiger partial charge is 0.319 e. The van der Waals surface area contributed by atoms with Crippen LogP contribution in [0, 0.1) is 0 Å². The van der Waals surface area contributed by atoms with E-state index in [1.54, 1.807) is 0 Å². The van der Waals surface area contributed by atoms with Crippen molar-refractivity contribution in [2.75, 3.05) is 6.61 Å². The Morgan fingerprint density at radius 1 is 1.08 bits per heavy atom. The predicted molar refractivity (Wildman–Crippen MR) is 97.0 cm³/mol. The zero-order valence-electron chi connectivity index (χ0n) is 13.1. The lowest BCUT2D eigenvalue weighted by Gasteiger charge is -2.11. The fraction of sp³-hybridized carbons (Fsp3) is 0.167. The Hall–Kier alpha value is -2.31. The van der Waals surface area contributed by atoms with Gasteiger partial charge in [-0.25, -0.2) is 0 Å². The molecule has 1 unspecified atom stereocenters. The van der Waals surface area contributed by atoms with E-state index in [2.05, 4.69) is 10.2 Å². The summed E-state index contributed by atoms with van der Waals surface area (Å²) in [5.41, 5.74) is 1.84. The van der Waals surface area contributed by atoms with Crippen molar-refractivity contribution in [3.63, 3.8) is 0 Å². The Kier molecular flexibility index (Phi) is 4.46. The van der Waals surface area contributed by atoms with Crippen LogP contribution in [0.2, 0.25) is 5.02 Å². The summed E-state index contributed by atoms with van der Waals surface area (Å²) >= 11 is 7.38. The highest BCUT2D eigenvalue weighted by atomic mass is 35.5. The molecule has 0 N–H and O–H groups in total. The van der Waals surface area contributed by atoms with Crippen molar-refractivity contribution in [1.82, 2.24) is 14.8 Å². The molecule has 2 heterocycles. The maximum atomic E-state index is 11.8. The number of hydrogen-bond donors (Lipinski definition) is 0. The Morgan fingerprint density at radius 3 is 2.52 bits per heavy atom. The molecule has 0 saturated carbocycles. The lowest BCUT2D eigenvalue weighted by atomic mass is 10.2. The first-order valence-electron chi connectivity index (χ1n) is 7.82. The Morgan fingerprint density at radius 2 is 1.84 bits per heavy atom. The number of nitrogens with zero attached hydrogens (tertiary/aromatic N) is 3. The van der Waals surface area contributed by atoms with E-state index in [4.69, 9.17) is 16.3 Å². The molecule has 0 bridgehead atoms. The summed E-state index contributed by atoms with van der Waals surface area (Å²) in [6.07, 6.45) is 0.682. The molecule has 1 aliphatic rings. The van der Waals surface area contributed by atoms with Crippen LogP contribution in [0.15, 0.2) is 59.8 Å². The average molecular weight is 372 g/mol. The Balaban J connectivity index is 1.79. The first-order valence-corrected chi connectivity index (χ1v) is 9.08. The third kappa shape index (κ3) is 3.27. The Bertz CT molecular complexity index is 896. The van der Waals surface area contributed by atoms with Gasteiger partial charge in [0.05, 0.1) is 6.61 Å². The lowest BCUT2D eigenvalue weighted by Crippen LogP contribution is -2.11. The normalized spacial score (nSPS) is 16.8. The van der Waals surface area contributed by atoms with Crippen LogP contribution in [0.1, 0.15) is 6.42 Å². The molecule has 1 fully saturated rings. The second-order valence-corrected chi connectivity index (χ2v) is 7.15. The van der Waals surface area contributed by atoms with E-state index >= 15 is 0 Å². The molecule has 1 saturated heterocycles. The van der Waals surface area contributed by atoms with Crippen molar-refractivity contribution in [2.45, 2.75) is 16.8 Å². The van der Waals surface area contributed by atoms with Gasteiger partial charge in [-0.1, -0.05) is 41.6 Å². The molecule has 7 heteroatoms. The number of hydrogen-bond acceptors (Lipinski definition) is 5. The van der Waals surface area contributed by atoms with Gasteiger partial charge in [0.25, 0.3) is 0 Å². The molecule has 1 aliphatic heterocycles. The van der Waals surface area contributed by atoms with Crippen molar-refractivity contribution >= 4 is 29.3 Å². The number of para-hydroxylation sites is 1. The van der Waals surface area contributed by atoms with E-state index in [9.17, 15) is 4.79 Å². The molecule has 4 rings (SSSR count). The van der Waals surface area contributed by atoms with Gasteiger partial charge in [-0.15, -0.1) is 10.2 Å². The highest BCUT2D eigenvalue weighted by Crippen LogP contribution is 2.33. The molecule has 0 amide bonds. The number of carbonyl (C=O) groups is 1. The SMILES string of the molecule is O=C1OCCC1Sc1nnc(-c2ccc(Cl)cc2)n1-c1ccccc1. The Labute approximate surface area is 154 Å². The van der Waals surface area contributed by atoms with Gasteiger partial charge >= 0.3 is 5.97 Å². The highest BCUT2D eigenvalue weighted by Gasteiger charge is 2.30. The fourth-order valence-electron chi connectivity index (χ4n) is 2.65. The van der Waals surface area contributed by atoms with Crippen LogP contribution in [0.5, 0.6) is 0 Å². The topological polar surface area (TPSA) is 57.0 Å². The van der Waals surface area contributed by atoms with Gasteiger partial charge in [-0.05, 0) is 36.4 Å². The van der Waals surface area contributed by atoms with Crippen molar-refractivity contribution in [3.8, 4) is 17.1 Å². The second kappa shape index (κ2) is 6.90. The first-order chi connectivity index (χ1) is 12.2. The van der Waals surface area contributed by atoms with Gasteiger partial charge < -0.3 is 4.74 Å². The van der Waals surface area contributed by atoms with Crippen LogP contribution in [-0.2, 0) is 9.53 Å². The minimum Gasteiger partial charge on any atom is -0.465 e. The maximum Gasteiger partial charge on any atom is 0.319 e. The lowest BCUT2D eigenvalue weighted by molar-refractivity contribution is -0.137. The molecule has 3 aromatic rings. The molecule has 126 valence electrons. The van der Waals surface area contributed by atoms with Crippen molar-refractivity contribution in [1.29, 1.82) is 0 Å². The van der Waals surface area contributed by atoms with E-state index < -0.39 is 0 Å². The minimum atomic E-state index is -0.246. The van der Waals surface area contributed by atoms with Gasteiger partial charge in [0.1, 0.15) is 5.25 Å². The number of carbonyl (C=O) groups excluding carboxylic acids is 1. The maximum absolute atomic E-state index is 11.8. The van der Waals surface area contributed by atoms with Crippen molar-refractivity contribution in [2.24, 2.45) is 0 Å². The summed E-state index contributed by atoms with van der Waals surface area (Å²) in [4.78, 5) is 11.8. The number of thioether (sulfide) groups is 1. The summed E-state index contributed by atoms with van der Waals surface area (Å²) in [5, 5.41) is 9.77.